The summed E-state index contributed by atoms with van der Waals surface area (Å²) in [5, 5.41) is 55.3. The molecule has 1 heterocycles. The van der Waals surface area contributed by atoms with Gasteiger partial charge in [-0.05, 0) is 0 Å². The lowest BCUT2D eigenvalue weighted by Crippen LogP contribution is -2.50. The van der Waals surface area contributed by atoms with Crippen LogP contribution in [0.4, 0.5) is 0 Å². The summed E-state index contributed by atoms with van der Waals surface area (Å²) in [5.41, 5.74) is 0. The van der Waals surface area contributed by atoms with Gasteiger partial charge in [-0.2, -0.15) is 0 Å². The van der Waals surface area contributed by atoms with Crippen LogP contribution in [0.1, 0.15) is 0 Å². The standard InChI is InChI=1S/C24H42N6O12/c31-19(32)13-27-7-1-25(5-11-29(15-21(35)36)16-22(37)38)2-8-28(14-20(33)34)10-4-26(3-9-27)6-12-30(17-23(39)40)18-24(41)42/h1-18H2,(H,31,32)(H,33,34)(H,35,36)(H,37,38)(H,39,40)(H,41,42). The minimum Gasteiger partial charge on any atom is -0.480 e. The zero-order chi connectivity index (χ0) is 31.7. The zero-order valence-corrected chi connectivity index (χ0v) is 23.5. The van der Waals surface area contributed by atoms with Gasteiger partial charge in [0.1, 0.15) is 0 Å². The summed E-state index contributed by atoms with van der Waals surface area (Å²) in [6.07, 6.45) is 0. The second-order valence-corrected chi connectivity index (χ2v) is 10.0. The number of nitrogens with zero attached hydrogens (tertiary/aromatic N) is 6. The van der Waals surface area contributed by atoms with Gasteiger partial charge in [0, 0.05) is 78.5 Å². The van der Waals surface area contributed by atoms with E-state index in [1.54, 1.807) is 9.80 Å². The van der Waals surface area contributed by atoms with Crippen molar-refractivity contribution in [1.82, 2.24) is 29.4 Å². The third kappa shape index (κ3) is 18.1. The Morgan fingerprint density at radius 3 is 0.857 bits per heavy atom. The zero-order valence-electron chi connectivity index (χ0n) is 23.5. The summed E-state index contributed by atoms with van der Waals surface area (Å²) >= 11 is 0. The van der Waals surface area contributed by atoms with Crippen LogP contribution in [-0.4, -0.2) is 214 Å². The molecule has 0 aliphatic carbocycles. The van der Waals surface area contributed by atoms with Crippen molar-refractivity contribution in [3.63, 3.8) is 0 Å². The summed E-state index contributed by atoms with van der Waals surface area (Å²) < 4.78 is 0. The Morgan fingerprint density at radius 1 is 0.405 bits per heavy atom. The van der Waals surface area contributed by atoms with Crippen molar-refractivity contribution < 1.29 is 59.4 Å². The van der Waals surface area contributed by atoms with Gasteiger partial charge < -0.3 is 30.6 Å². The first-order valence-corrected chi connectivity index (χ1v) is 13.4. The van der Waals surface area contributed by atoms with E-state index in [4.69, 9.17) is 20.4 Å². The molecule has 18 heteroatoms. The molecule has 6 N–H and O–H groups in total. The van der Waals surface area contributed by atoms with Gasteiger partial charge in [0.15, 0.2) is 0 Å². The van der Waals surface area contributed by atoms with Crippen molar-refractivity contribution in [2.45, 2.75) is 0 Å². The molecule has 42 heavy (non-hydrogen) atoms. The summed E-state index contributed by atoms with van der Waals surface area (Å²) in [5.74, 6) is -6.80. The molecule has 0 radical (unpaired) electrons. The molecule has 1 fully saturated rings. The second kappa shape index (κ2) is 19.7. The Labute approximate surface area is 242 Å². The number of carboxylic acid groups (broad SMARTS) is 6. The summed E-state index contributed by atoms with van der Waals surface area (Å²) in [6, 6.07) is 0. The monoisotopic (exact) mass is 606 g/mol. The second-order valence-electron chi connectivity index (χ2n) is 10.0. The molecule has 1 saturated heterocycles. The Hall–Kier alpha value is -3.42. The summed E-state index contributed by atoms with van der Waals surface area (Å²) in [6.45, 7) is 1.03. The number of hydrogen-bond donors (Lipinski definition) is 6. The van der Waals surface area contributed by atoms with Crippen LogP contribution >= 0.6 is 0 Å². The van der Waals surface area contributed by atoms with Gasteiger partial charge >= 0.3 is 35.8 Å². The van der Waals surface area contributed by atoms with Gasteiger partial charge in [-0.1, -0.05) is 0 Å². The van der Waals surface area contributed by atoms with E-state index < -0.39 is 62.0 Å². The lowest BCUT2D eigenvalue weighted by molar-refractivity contribution is -0.143. The molecule has 0 unspecified atom stereocenters. The van der Waals surface area contributed by atoms with E-state index >= 15 is 0 Å². The van der Waals surface area contributed by atoms with Crippen molar-refractivity contribution in [3.05, 3.63) is 0 Å². The van der Waals surface area contributed by atoms with Crippen LogP contribution < -0.4 is 0 Å². The molecule has 1 aliphatic heterocycles. The van der Waals surface area contributed by atoms with E-state index in [0.29, 0.717) is 52.4 Å². The van der Waals surface area contributed by atoms with Gasteiger partial charge in [-0.3, -0.25) is 58.2 Å². The number of aliphatic carboxylic acids is 6. The fourth-order valence-electron chi connectivity index (χ4n) is 4.48. The van der Waals surface area contributed by atoms with Crippen LogP contribution in [-0.2, 0) is 28.8 Å². The van der Waals surface area contributed by atoms with Gasteiger partial charge in [-0.25, -0.2) is 0 Å². The SMILES string of the molecule is O=C(O)CN1CCN(CCN(CC(=O)O)CC(=O)O)CCN(CC(=O)O)CCN(CCN(CC(=O)O)CC(=O)O)CC1. The summed E-state index contributed by atoms with van der Waals surface area (Å²) in [7, 11) is 0. The minimum atomic E-state index is -1.18. The maximum Gasteiger partial charge on any atom is 0.317 e. The normalized spacial score (nSPS) is 17.0. The Bertz CT molecular complexity index is 802. The highest BCUT2D eigenvalue weighted by Gasteiger charge is 2.22. The minimum absolute atomic E-state index is 0.118. The van der Waals surface area contributed by atoms with Crippen LogP contribution in [0, 0.1) is 0 Å². The third-order valence-electron chi connectivity index (χ3n) is 6.55. The molecule has 0 aromatic heterocycles. The molecule has 1 aliphatic rings. The number of hydrogen-bond acceptors (Lipinski definition) is 12. The fourth-order valence-corrected chi connectivity index (χ4v) is 4.48. The lowest BCUT2D eigenvalue weighted by Gasteiger charge is -2.34. The predicted molar refractivity (Wildman–Crippen MR) is 144 cm³/mol. The van der Waals surface area contributed by atoms with Gasteiger partial charge in [0.05, 0.1) is 39.3 Å². The molecule has 0 spiro atoms. The fraction of sp³-hybridized carbons (Fsp3) is 0.750. The number of carboxylic acids is 6. The summed E-state index contributed by atoms with van der Waals surface area (Å²) in [4.78, 5) is 77.5. The van der Waals surface area contributed by atoms with E-state index in [9.17, 15) is 39.0 Å². The van der Waals surface area contributed by atoms with Crippen LogP contribution in [0.15, 0.2) is 0 Å². The highest BCUT2D eigenvalue weighted by atomic mass is 16.4. The number of carbonyl (C=O) groups is 6. The Morgan fingerprint density at radius 2 is 0.643 bits per heavy atom. The highest BCUT2D eigenvalue weighted by molar-refractivity contribution is 5.73. The van der Waals surface area contributed by atoms with Gasteiger partial charge in [0.25, 0.3) is 0 Å². The van der Waals surface area contributed by atoms with E-state index in [1.807, 2.05) is 9.80 Å². The van der Waals surface area contributed by atoms with Crippen LogP contribution in [0.5, 0.6) is 0 Å². The molecule has 18 nitrogen and oxygen atoms in total. The number of rotatable bonds is 18. The van der Waals surface area contributed by atoms with Gasteiger partial charge in [-0.15, -0.1) is 0 Å². The predicted octanol–water partition coefficient (Wildman–Crippen LogP) is -3.68. The van der Waals surface area contributed by atoms with Gasteiger partial charge in [0.2, 0.25) is 0 Å². The van der Waals surface area contributed by atoms with Crippen LogP contribution in [0.2, 0.25) is 0 Å². The van der Waals surface area contributed by atoms with E-state index in [2.05, 4.69) is 0 Å². The molecule has 0 aromatic rings. The van der Waals surface area contributed by atoms with Crippen molar-refractivity contribution >= 4 is 35.8 Å². The molecule has 0 saturated carbocycles. The maximum absolute atomic E-state index is 11.5. The maximum atomic E-state index is 11.5. The molecule has 1 rings (SSSR count). The first-order chi connectivity index (χ1) is 19.7. The first-order valence-electron chi connectivity index (χ1n) is 13.4. The Balaban J connectivity index is 3.04. The van der Waals surface area contributed by atoms with E-state index in [1.165, 1.54) is 9.80 Å². The average molecular weight is 607 g/mol. The molecule has 0 atom stereocenters. The smallest absolute Gasteiger partial charge is 0.317 e. The molecule has 0 bridgehead atoms. The molecule has 0 aromatic carbocycles. The van der Waals surface area contributed by atoms with Crippen molar-refractivity contribution in [2.75, 3.05) is 118 Å². The third-order valence-corrected chi connectivity index (χ3v) is 6.55. The van der Waals surface area contributed by atoms with Crippen LogP contribution in [0.25, 0.3) is 0 Å². The van der Waals surface area contributed by atoms with Crippen molar-refractivity contribution in [2.24, 2.45) is 0 Å². The van der Waals surface area contributed by atoms with Crippen molar-refractivity contribution in [3.8, 4) is 0 Å². The Kier molecular flexibility index (Phi) is 17.1. The van der Waals surface area contributed by atoms with Crippen molar-refractivity contribution in [1.29, 1.82) is 0 Å². The first kappa shape index (κ1) is 36.6. The average Bonchev–Trinajstić information content (AvgIpc) is 2.83. The quantitative estimate of drug-likeness (QED) is 0.0879. The highest BCUT2D eigenvalue weighted by Crippen LogP contribution is 2.03. The topological polar surface area (TPSA) is 243 Å². The molecule has 240 valence electrons. The van der Waals surface area contributed by atoms with Crippen LogP contribution in [0.3, 0.4) is 0 Å². The molecular formula is C24H42N6O12. The largest absolute Gasteiger partial charge is 0.480 e. The lowest BCUT2D eigenvalue weighted by atomic mass is 10.3. The molecule has 0 amide bonds. The van der Waals surface area contributed by atoms with E-state index in [0.717, 1.165) is 0 Å². The molecular weight excluding hydrogens is 564 g/mol. The van der Waals surface area contributed by atoms with E-state index in [-0.39, 0.29) is 39.3 Å².